The molecule has 0 unspecified atom stereocenters. The number of ether oxygens (including phenoxy) is 2. The third-order valence-electron chi connectivity index (χ3n) is 2.81. The lowest BCUT2D eigenvalue weighted by Crippen LogP contribution is -2.02. The van der Waals surface area contributed by atoms with Crippen molar-refractivity contribution in [2.75, 3.05) is 13.2 Å². The van der Waals surface area contributed by atoms with E-state index in [1.54, 1.807) is 6.08 Å². The first kappa shape index (κ1) is 17.9. The molecule has 0 bridgehead atoms. The third kappa shape index (κ3) is 7.04. The van der Waals surface area contributed by atoms with Gasteiger partial charge in [0, 0.05) is 0 Å². The molecule has 0 saturated heterocycles. The van der Waals surface area contributed by atoms with Crippen molar-refractivity contribution in [1.29, 1.82) is 0 Å². The Morgan fingerprint density at radius 1 is 1.23 bits per heavy atom. The predicted octanol–water partition coefficient (Wildman–Crippen LogP) is 4.22. The molecule has 3 nitrogen and oxygen atoms in total. The molecule has 0 saturated carbocycles. The van der Waals surface area contributed by atoms with Gasteiger partial charge in [0.15, 0.2) is 6.29 Å². The molecule has 0 spiro atoms. The summed E-state index contributed by atoms with van der Waals surface area (Å²) < 4.78 is 11.3. The molecule has 0 aliphatic carbocycles. The van der Waals surface area contributed by atoms with Crippen LogP contribution in [0.5, 0.6) is 0 Å². The van der Waals surface area contributed by atoms with Crippen molar-refractivity contribution in [1.82, 2.24) is 0 Å². The molecule has 3 heteroatoms. The summed E-state index contributed by atoms with van der Waals surface area (Å²) in [5.74, 6) is 0.558. The SMILES string of the molecule is C=C(C)COC/C=C(OCc1ccccc1)\C(C=O)=C/CC. The number of rotatable bonds is 10. The fourth-order valence-corrected chi connectivity index (χ4v) is 1.79. The summed E-state index contributed by atoms with van der Waals surface area (Å²) in [5.41, 5.74) is 2.57. The molecule has 0 radical (unpaired) electrons. The highest BCUT2D eigenvalue weighted by atomic mass is 16.5. The number of allylic oxidation sites excluding steroid dienone is 2. The Hall–Kier alpha value is -2.13. The van der Waals surface area contributed by atoms with Gasteiger partial charge < -0.3 is 9.47 Å². The van der Waals surface area contributed by atoms with E-state index in [0.29, 0.717) is 31.2 Å². The molecule has 1 rings (SSSR count). The smallest absolute Gasteiger partial charge is 0.153 e. The van der Waals surface area contributed by atoms with E-state index in [-0.39, 0.29) is 0 Å². The third-order valence-corrected chi connectivity index (χ3v) is 2.81. The van der Waals surface area contributed by atoms with E-state index in [1.807, 2.05) is 50.3 Å². The maximum absolute atomic E-state index is 11.2. The molecule has 0 amide bonds. The Balaban J connectivity index is 2.72. The fourth-order valence-electron chi connectivity index (χ4n) is 1.79. The molecule has 0 aliphatic heterocycles. The standard InChI is InChI=1S/C19H24O3/c1-4-8-18(13-20)19(11-12-21-14-16(2)3)22-15-17-9-6-5-7-10-17/h5-11,13H,2,4,12,14-15H2,1,3H3/b18-8-,19-11+. The zero-order valence-corrected chi connectivity index (χ0v) is 13.4. The minimum atomic E-state index is 0.381. The average molecular weight is 300 g/mol. The lowest BCUT2D eigenvalue weighted by molar-refractivity contribution is -0.105. The van der Waals surface area contributed by atoms with Crippen molar-refractivity contribution in [2.24, 2.45) is 0 Å². The molecule has 22 heavy (non-hydrogen) atoms. The van der Waals surface area contributed by atoms with Gasteiger partial charge in [-0.2, -0.15) is 0 Å². The van der Waals surface area contributed by atoms with Crippen molar-refractivity contribution < 1.29 is 14.3 Å². The first-order chi connectivity index (χ1) is 10.7. The highest BCUT2D eigenvalue weighted by molar-refractivity contribution is 5.79. The van der Waals surface area contributed by atoms with Crippen LogP contribution in [0.4, 0.5) is 0 Å². The first-order valence-electron chi connectivity index (χ1n) is 7.42. The van der Waals surface area contributed by atoms with Crippen LogP contribution in [0.1, 0.15) is 25.8 Å². The van der Waals surface area contributed by atoms with Gasteiger partial charge in [-0.25, -0.2) is 0 Å². The Kier molecular flexibility index (Phi) is 8.61. The summed E-state index contributed by atoms with van der Waals surface area (Å²) >= 11 is 0. The van der Waals surface area contributed by atoms with E-state index < -0.39 is 0 Å². The van der Waals surface area contributed by atoms with Crippen molar-refractivity contribution in [3.63, 3.8) is 0 Å². The van der Waals surface area contributed by atoms with Gasteiger partial charge in [-0.05, 0) is 25.0 Å². The monoisotopic (exact) mass is 300 g/mol. The van der Waals surface area contributed by atoms with Gasteiger partial charge in [0.2, 0.25) is 0 Å². The first-order valence-corrected chi connectivity index (χ1v) is 7.42. The van der Waals surface area contributed by atoms with Crippen LogP contribution in [0.25, 0.3) is 0 Å². The summed E-state index contributed by atoms with van der Waals surface area (Å²) in [6.45, 7) is 8.97. The Morgan fingerprint density at radius 2 is 1.95 bits per heavy atom. The number of hydrogen-bond acceptors (Lipinski definition) is 3. The van der Waals surface area contributed by atoms with Crippen LogP contribution in [0.3, 0.4) is 0 Å². The minimum absolute atomic E-state index is 0.381. The quantitative estimate of drug-likeness (QED) is 0.162. The molecule has 0 N–H and O–H groups in total. The molecule has 1 aromatic rings. The second-order valence-corrected chi connectivity index (χ2v) is 5.00. The predicted molar refractivity (Wildman–Crippen MR) is 89.4 cm³/mol. The number of benzene rings is 1. The van der Waals surface area contributed by atoms with Gasteiger partial charge in [-0.15, -0.1) is 0 Å². The lowest BCUT2D eigenvalue weighted by Gasteiger charge is -2.11. The van der Waals surface area contributed by atoms with Crippen LogP contribution >= 0.6 is 0 Å². The van der Waals surface area contributed by atoms with E-state index in [2.05, 4.69) is 6.58 Å². The van der Waals surface area contributed by atoms with Crippen LogP contribution in [0.2, 0.25) is 0 Å². The van der Waals surface area contributed by atoms with Gasteiger partial charge in [0.1, 0.15) is 12.4 Å². The van der Waals surface area contributed by atoms with Crippen LogP contribution in [-0.2, 0) is 20.9 Å². The van der Waals surface area contributed by atoms with Crippen molar-refractivity contribution >= 4 is 6.29 Å². The maximum Gasteiger partial charge on any atom is 0.153 e. The molecular weight excluding hydrogens is 276 g/mol. The minimum Gasteiger partial charge on any atom is -0.488 e. The molecule has 0 fully saturated rings. The van der Waals surface area contributed by atoms with Crippen molar-refractivity contribution in [2.45, 2.75) is 26.9 Å². The Bertz CT molecular complexity index is 527. The zero-order valence-electron chi connectivity index (χ0n) is 13.4. The Morgan fingerprint density at radius 3 is 2.55 bits per heavy atom. The number of hydrogen-bond donors (Lipinski definition) is 0. The van der Waals surface area contributed by atoms with E-state index >= 15 is 0 Å². The number of carbonyl (C=O) groups is 1. The summed E-state index contributed by atoms with van der Waals surface area (Å²) in [4.78, 5) is 11.2. The van der Waals surface area contributed by atoms with Crippen molar-refractivity contribution in [3.05, 3.63) is 71.5 Å². The lowest BCUT2D eigenvalue weighted by atomic mass is 10.2. The normalized spacial score (nSPS) is 12.1. The van der Waals surface area contributed by atoms with E-state index in [1.165, 1.54) is 0 Å². The van der Waals surface area contributed by atoms with Gasteiger partial charge in [-0.3, -0.25) is 4.79 Å². The fraction of sp³-hybridized carbons (Fsp3) is 0.316. The van der Waals surface area contributed by atoms with Crippen LogP contribution < -0.4 is 0 Å². The molecule has 0 atom stereocenters. The maximum atomic E-state index is 11.2. The van der Waals surface area contributed by atoms with E-state index in [9.17, 15) is 4.79 Å². The van der Waals surface area contributed by atoms with Gasteiger partial charge in [0.05, 0.1) is 18.8 Å². The summed E-state index contributed by atoms with van der Waals surface area (Å²) in [6.07, 6.45) is 5.23. The van der Waals surface area contributed by atoms with Gasteiger partial charge in [-0.1, -0.05) is 55.5 Å². The van der Waals surface area contributed by atoms with Gasteiger partial charge in [0.25, 0.3) is 0 Å². The molecule has 0 aliphatic rings. The van der Waals surface area contributed by atoms with Crippen molar-refractivity contribution in [3.8, 4) is 0 Å². The highest BCUT2D eigenvalue weighted by Gasteiger charge is 2.06. The van der Waals surface area contributed by atoms with E-state index in [4.69, 9.17) is 9.47 Å². The Labute approximate surface area is 132 Å². The number of carbonyl (C=O) groups excluding carboxylic acids is 1. The number of aldehydes is 1. The van der Waals surface area contributed by atoms with E-state index in [0.717, 1.165) is 23.8 Å². The van der Waals surface area contributed by atoms with Crippen LogP contribution in [0.15, 0.2) is 66.0 Å². The van der Waals surface area contributed by atoms with Crippen LogP contribution in [-0.4, -0.2) is 19.5 Å². The summed E-state index contributed by atoms with van der Waals surface area (Å²) in [7, 11) is 0. The zero-order chi connectivity index (χ0) is 16.2. The van der Waals surface area contributed by atoms with Gasteiger partial charge >= 0.3 is 0 Å². The average Bonchev–Trinajstić information content (AvgIpc) is 2.53. The summed E-state index contributed by atoms with van der Waals surface area (Å²) in [6, 6.07) is 9.85. The molecular formula is C19H24O3. The topological polar surface area (TPSA) is 35.5 Å². The molecule has 1 aromatic carbocycles. The molecule has 0 heterocycles. The largest absolute Gasteiger partial charge is 0.488 e. The van der Waals surface area contributed by atoms with Crippen LogP contribution in [0, 0.1) is 0 Å². The second-order valence-electron chi connectivity index (χ2n) is 5.00. The second kappa shape index (κ2) is 10.6. The summed E-state index contributed by atoms with van der Waals surface area (Å²) in [5, 5.41) is 0. The highest BCUT2D eigenvalue weighted by Crippen LogP contribution is 2.14. The molecule has 0 aromatic heterocycles. The molecule has 118 valence electrons.